The molecule has 2 aromatic carbocycles. The van der Waals surface area contributed by atoms with Crippen molar-refractivity contribution in [1.82, 2.24) is 10.9 Å². The van der Waals surface area contributed by atoms with Crippen LogP contribution in [0.1, 0.15) is 5.56 Å². The highest BCUT2D eigenvalue weighted by Crippen LogP contribution is 2.45. The van der Waals surface area contributed by atoms with E-state index < -0.39 is 27.0 Å². The van der Waals surface area contributed by atoms with Crippen molar-refractivity contribution in [2.45, 2.75) is 5.54 Å². The number of carbonyl (C=O) groups is 1. The van der Waals surface area contributed by atoms with E-state index in [-0.39, 0.29) is 22.8 Å². The van der Waals surface area contributed by atoms with Gasteiger partial charge >= 0.3 is 5.70 Å². The van der Waals surface area contributed by atoms with Crippen LogP contribution in [0.4, 0.5) is 17.1 Å². The summed E-state index contributed by atoms with van der Waals surface area (Å²) in [4.78, 5) is 34.4. The number of halogens is 1. The molecule has 1 atom stereocenters. The Morgan fingerprint density at radius 3 is 2.39 bits per heavy atom. The number of non-ortho nitro benzene ring substituents is 1. The number of nitrogens with one attached hydrogen (secondary N) is 4. The van der Waals surface area contributed by atoms with Gasteiger partial charge in [-0.25, -0.2) is 5.43 Å². The highest BCUT2D eigenvalue weighted by atomic mass is 35.5. The normalized spacial score (nSPS) is 20.0. The predicted molar refractivity (Wildman–Crippen MR) is 98.8 cm³/mol. The summed E-state index contributed by atoms with van der Waals surface area (Å²) in [5.74, 6) is -0.795. The Kier molecular flexibility index (Phi) is 3.91. The van der Waals surface area contributed by atoms with Crippen molar-refractivity contribution in [3.63, 3.8) is 0 Å². The fourth-order valence-electron chi connectivity index (χ4n) is 3.22. The molecule has 2 heterocycles. The summed E-state index contributed by atoms with van der Waals surface area (Å²) in [5, 5.41) is 28.9. The fourth-order valence-corrected chi connectivity index (χ4v) is 3.35. The lowest BCUT2D eigenvalue weighted by Crippen LogP contribution is -2.50. The van der Waals surface area contributed by atoms with Crippen LogP contribution < -0.4 is 21.5 Å². The molecular formula is C16H11ClN6O5. The molecule has 1 unspecified atom stereocenters. The number of nitrogens with zero attached hydrogens (tertiary/aromatic N) is 2. The number of amides is 1. The molecule has 0 aromatic heterocycles. The van der Waals surface area contributed by atoms with Crippen LogP contribution >= 0.6 is 11.6 Å². The Morgan fingerprint density at radius 1 is 1.04 bits per heavy atom. The number of carbonyl (C=O) groups excluding carboxylic acids is 1. The number of hydrogen-bond donors (Lipinski definition) is 4. The second-order valence-electron chi connectivity index (χ2n) is 6.05. The molecule has 28 heavy (non-hydrogen) atoms. The van der Waals surface area contributed by atoms with Crippen LogP contribution in [0, 0.1) is 20.2 Å². The van der Waals surface area contributed by atoms with Gasteiger partial charge in [-0.05, 0) is 30.3 Å². The summed E-state index contributed by atoms with van der Waals surface area (Å²) in [6, 6.07) is 10.1. The molecule has 0 aliphatic carbocycles. The van der Waals surface area contributed by atoms with Gasteiger partial charge in [-0.1, -0.05) is 11.6 Å². The van der Waals surface area contributed by atoms with E-state index in [0.29, 0.717) is 10.7 Å². The molecule has 0 radical (unpaired) electrons. The van der Waals surface area contributed by atoms with Gasteiger partial charge in [0.25, 0.3) is 11.6 Å². The predicted octanol–water partition coefficient (Wildman–Crippen LogP) is 2.06. The van der Waals surface area contributed by atoms with Gasteiger partial charge in [0.1, 0.15) is 0 Å². The number of nitro groups is 2. The Labute approximate surface area is 161 Å². The van der Waals surface area contributed by atoms with Gasteiger partial charge in [0.2, 0.25) is 5.54 Å². The summed E-state index contributed by atoms with van der Waals surface area (Å²) in [5.41, 5.74) is 3.32. The Bertz CT molecular complexity index is 1070. The van der Waals surface area contributed by atoms with Gasteiger partial charge in [-0.15, -0.1) is 0 Å². The number of nitro benzene ring substituents is 1. The van der Waals surface area contributed by atoms with Crippen LogP contribution in [-0.2, 0) is 10.3 Å². The molecule has 1 spiro atoms. The minimum atomic E-state index is -1.93. The van der Waals surface area contributed by atoms with E-state index in [4.69, 9.17) is 11.6 Å². The minimum Gasteiger partial charge on any atom is -0.335 e. The lowest BCUT2D eigenvalue weighted by molar-refractivity contribution is -0.434. The molecule has 142 valence electrons. The molecule has 0 bridgehead atoms. The molecule has 2 aliphatic heterocycles. The zero-order valence-electron chi connectivity index (χ0n) is 13.9. The van der Waals surface area contributed by atoms with E-state index in [1.807, 2.05) is 0 Å². The van der Waals surface area contributed by atoms with Gasteiger partial charge in [-0.2, -0.15) is 0 Å². The molecule has 2 aromatic rings. The topological polar surface area (TPSA) is 151 Å². The maximum absolute atomic E-state index is 12.7. The molecule has 2 aliphatic rings. The van der Waals surface area contributed by atoms with E-state index in [2.05, 4.69) is 21.5 Å². The van der Waals surface area contributed by atoms with E-state index in [9.17, 15) is 25.0 Å². The monoisotopic (exact) mass is 402 g/mol. The smallest absolute Gasteiger partial charge is 0.323 e. The first-order valence-electron chi connectivity index (χ1n) is 7.88. The van der Waals surface area contributed by atoms with Crippen LogP contribution in [0.3, 0.4) is 0 Å². The average molecular weight is 403 g/mol. The Balaban J connectivity index is 1.85. The van der Waals surface area contributed by atoms with Crippen molar-refractivity contribution in [1.29, 1.82) is 0 Å². The van der Waals surface area contributed by atoms with Gasteiger partial charge in [0, 0.05) is 34.1 Å². The van der Waals surface area contributed by atoms with Crippen LogP contribution in [-0.4, -0.2) is 15.8 Å². The highest BCUT2D eigenvalue weighted by Gasteiger charge is 2.61. The maximum Gasteiger partial charge on any atom is 0.323 e. The molecule has 11 nitrogen and oxygen atoms in total. The molecule has 0 fully saturated rings. The van der Waals surface area contributed by atoms with Crippen molar-refractivity contribution < 1.29 is 14.6 Å². The molecule has 12 heteroatoms. The van der Waals surface area contributed by atoms with Gasteiger partial charge in [0.05, 0.1) is 9.85 Å². The second kappa shape index (κ2) is 6.18. The molecular weight excluding hydrogens is 392 g/mol. The van der Waals surface area contributed by atoms with Crippen LogP contribution in [0.5, 0.6) is 0 Å². The summed E-state index contributed by atoms with van der Waals surface area (Å²) >= 11 is 5.84. The molecule has 0 saturated carbocycles. The first kappa shape index (κ1) is 17.7. The van der Waals surface area contributed by atoms with Crippen molar-refractivity contribution in [3.05, 3.63) is 84.8 Å². The standard InChI is InChI=1S/C16H11ClN6O5/c17-8-1-3-9(4-2-8)18-14-13(23(27)28)16(21-20-14)11-7-10(22(25)26)5-6-12(11)19-15(16)24/h1-7,18,20-21H,(H,19,24). The molecule has 1 amide bonds. The largest absolute Gasteiger partial charge is 0.335 e. The second-order valence-corrected chi connectivity index (χ2v) is 6.49. The van der Waals surface area contributed by atoms with Gasteiger partial charge in [-0.3, -0.25) is 30.4 Å². The van der Waals surface area contributed by atoms with E-state index >= 15 is 0 Å². The number of fused-ring (bicyclic) bond motifs is 2. The van der Waals surface area contributed by atoms with E-state index in [1.54, 1.807) is 24.3 Å². The number of hydrazine groups is 1. The third-order valence-electron chi connectivity index (χ3n) is 4.47. The minimum absolute atomic E-state index is 0.0678. The maximum atomic E-state index is 12.7. The Hall–Kier alpha value is -3.70. The fraction of sp³-hybridized carbons (Fsp3) is 0.0625. The quantitative estimate of drug-likeness (QED) is 0.448. The van der Waals surface area contributed by atoms with Crippen LogP contribution in [0.2, 0.25) is 5.02 Å². The number of rotatable bonds is 4. The average Bonchev–Trinajstić information content (AvgIpc) is 3.16. The first-order valence-corrected chi connectivity index (χ1v) is 8.26. The van der Waals surface area contributed by atoms with Crippen molar-refractivity contribution in [3.8, 4) is 0 Å². The zero-order valence-corrected chi connectivity index (χ0v) is 14.6. The third kappa shape index (κ3) is 2.52. The summed E-state index contributed by atoms with van der Waals surface area (Å²) in [6.07, 6.45) is 0. The molecule has 4 rings (SSSR count). The van der Waals surface area contributed by atoms with Crippen molar-refractivity contribution in [2.24, 2.45) is 0 Å². The summed E-state index contributed by atoms with van der Waals surface area (Å²) in [6.45, 7) is 0. The van der Waals surface area contributed by atoms with Crippen LogP contribution in [0.15, 0.2) is 54.0 Å². The lowest BCUT2D eigenvalue weighted by atomic mass is 9.89. The SMILES string of the molecule is O=C1Nc2ccc([N+](=O)[O-])cc2C12NNC(Nc1ccc(Cl)cc1)=C2[N+](=O)[O-]. The van der Waals surface area contributed by atoms with E-state index in [1.165, 1.54) is 12.1 Å². The Morgan fingerprint density at radius 2 is 1.75 bits per heavy atom. The zero-order chi connectivity index (χ0) is 20.1. The van der Waals surface area contributed by atoms with Crippen LogP contribution in [0.25, 0.3) is 0 Å². The molecule has 4 N–H and O–H groups in total. The summed E-state index contributed by atoms with van der Waals surface area (Å²) in [7, 11) is 0. The third-order valence-corrected chi connectivity index (χ3v) is 4.72. The lowest BCUT2D eigenvalue weighted by Gasteiger charge is -2.18. The number of benzene rings is 2. The summed E-state index contributed by atoms with van der Waals surface area (Å²) < 4.78 is 0. The number of hydrogen-bond acceptors (Lipinski definition) is 8. The van der Waals surface area contributed by atoms with Gasteiger partial charge in [0.15, 0.2) is 5.82 Å². The first-order chi connectivity index (χ1) is 13.3. The molecule has 0 saturated heterocycles. The van der Waals surface area contributed by atoms with Crippen molar-refractivity contribution >= 4 is 34.6 Å². The highest BCUT2D eigenvalue weighted by molar-refractivity contribution is 6.30. The number of anilines is 2. The van der Waals surface area contributed by atoms with Gasteiger partial charge < -0.3 is 10.6 Å². The van der Waals surface area contributed by atoms with E-state index in [0.717, 1.165) is 6.07 Å². The van der Waals surface area contributed by atoms with Crippen molar-refractivity contribution in [2.75, 3.05) is 10.6 Å².